The van der Waals surface area contributed by atoms with E-state index in [4.69, 9.17) is 0 Å². The number of rotatable bonds is 2. The first-order valence-corrected chi connectivity index (χ1v) is 7.20. The molecule has 1 aliphatic carbocycles. The van der Waals surface area contributed by atoms with Gasteiger partial charge < -0.3 is 0 Å². The van der Waals surface area contributed by atoms with Gasteiger partial charge in [0.1, 0.15) is 0 Å². The molecule has 0 aliphatic heterocycles. The van der Waals surface area contributed by atoms with Crippen LogP contribution in [0.3, 0.4) is 0 Å². The Kier molecular flexibility index (Phi) is 4.46. The summed E-state index contributed by atoms with van der Waals surface area (Å²) in [5, 5.41) is 0. The van der Waals surface area contributed by atoms with Crippen molar-refractivity contribution in [3.8, 4) is 11.8 Å². The van der Waals surface area contributed by atoms with Gasteiger partial charge in [0.15, 0.2) is 0 Å². The van der Waals surface area contributed by atoms with Crippen LogP contribution in [-0.2, 0) is 6.42 Å². The minimum absolute atomic E-state index is 0.0683. The highest BCUT2D eigenvalue weighted by atomic mass is 32.2. The Bertz CT molecular complexity index is 504. The number of aryl methyl sites for hydroxylation is 1. The van der Waals surface area contributed by atoms with Crippen molar-refractivity contribution < 1.29 is 13.2 Å². The van der Waals surface area contributed by atoms with Gasteiger partial charge in [-0.15, -0.1) is 0 Å². The molecule has 0 nitrogen and oxygen atoms in total. The van der Waals surface area contributed by atoms with Gasteiger partial charge in [-0.05, 0) is 42.7 Å². The predicted octanol–water partition coefficient (Wildman–Crippen LogP) is 5.01. The standard InChI is InChI=1S/C15H15F3S/c1-2-12-7-4-8-14(19-15(16,17)18)13(12)10-9-11-5-3-6-11/h4,7-8,11H,2-3,5-6H2,1H3. The van der Waals surface area contributed by atoms with Crippen molar-refractivity contribution in [2.45, 2.75) is 43.0 Å². The largest absolute Gasteiger partial charge is 0.446 e. The van der Waals surface area contributed by atoms with Gasteiger partial charge in [-0.3, -0.25) is 0 Å². The number of hydrogen-bond donors (Lipinski definition) is 0. The number of benzene rings is 1. The smallest absolute Gasteiger partial charge is 0.160 e. The fourth-order valence-electron chi connectivity index (χ4n) is 1.95. The van der Waals surface area contributed by atoms with Crippen LogP contribution in [0.2, 0.25) is 0 Å². The molecule has 0 aromatic heterocycles. The molecule has 19 heavy (non-hydrogen) atoms. The van der Waals surface area contributed by atoms with E-state index in [1.54, 1.807) is 6.07 Å². The first-order chi connectivity index (χ1) is 8.99. The summed E-state index contributed by atoms with van der Waals surface area (Å²) in [4.78, 5) is 0.221. The zero-order valence-electron chi connectivity index (χ0n) is 10.7. The molecule has 1 aromatic rings. The van der Waals surface area contributed by atoms with E-state index in [2.05, 4.69) is 11.8 Å². The summed E-state index contributed by atoms with van der Waals surface area (Å²) in [6, 6.07) is 5.02. The van der Waals surface area contributed by atoms with Crippen molar-refractivity contribution in [3.63, 3.8) is 0 Å². The van der Waals surface area contributed by atoms with Crippen LogP contribution in [0.5, 0.6) is 0 Å². The van der Waals surface area contributed by atoms with E-state index in [0.717, 1.165) is 18.4 Å². The lowest BCUT2D eigenvalue weighted by Gasteiger charge is -2.19. The molecule has 0 radical (unpaired) electrons. The summed E-state index contributed by atoms with van der Waals surface area (Å²) < 4.78 is 37.6. The monoisotopic (exact) mass is 284 g/mol. The second-order valence-corrected chi connectivity index (χ2v) is 5.70. The molecule has 1 aliphatic rings. The minimum Gasteiger partial charge on any atom is -0.160 e. The fraction of sp³-hybridized carbons (Fsp3) is 0.467. The van der Waals surface area contributed by atoms with Gasteiger partial charge in [-0.1, -0.05) is 37.3 Å². The quantitative estimate of drug-likeness (QED) is 0.543. The van der Waals surface area contributed by atoms with Gasteiger partial charge in [0.2, 0.25) is 0 Å². The maximum Gasteiger partial charge on any atom is 0.446 e. The van der Waals surface area contributed by atoms with Crippen LogP contribution < -0.4 is 0 Å². The van der Waals surface area contributed by atoms with Crippen molar-refractivity contribution in [2.24, 2.45) is 5.92 Å². The molecule has 2 rings (SSSR count). The molecule has 4 heteroatoms. The molecule has 0 bridgehead atoms. The molecule has 0 heterocycles. The highest BCUT2D eigenvalue weighted by Crippen LogP contribution is 2.39. The topological polar surface area (TPSA) is 0 Å². The van der Waals surface area contributed by atoms with E-state index in [-0.39, 0.29) is 16.7 Å². The molecule has 102 valence electrons. The lowest BCUT2D eigenvalue weighted by atomic mass is 9.86. The zero-order valence-corrected chi connectivity index (χ0v) is 11.5. The summed E-state index contributed by atoms with van der Waals surface area (Å²) in [5.74, 6) is 6.46. The predicted molar refractivity (Wildman–Crippen MR) is 72.0 cm³/mol. The number of hydrogen-bond acceptors (Lipinski definition) is 1. The molecule has 0 N–H and O–H groups in total. The van der Waals surface area contributed by atoms with Crippen molar-refractivity contribution in [1.29, 1.82) is 0 Å². The summed E-state index contributed by atoms with van der Waals surface area (Å²) in [7, 11) is 0. The van der Waals surface area contributed by atoms with Crippen LogP contribution in [-0.4, -0.2) is 5.51 Å². The lowest BCUT2D eigenvalue weighted by molar-refractivity contribution is -0.0328. The summed E-state index contributed by atoms with van der Waals surface area (Å²) in [6.45, 7) is 1.94. The summed E-state index contributed by atoms with van der Waals surface area (Å²) in [6.07, 6.45) is 4.02. The van der Waals surface area contributed by atoms with E-state index >= 15 is 0 Å². The van der Waals surface area contributed by atoms with E-state index in [9.17, 15) is 13.2 Å². The van der Waals surface area contributed by atoms with Gasteiger partial charge >= 0.3 is 5.51 Å². The first kappa shape index (κ1) is 14.3. The normalized spacial score (nSPS) is 15.6. The average Bonchev–Trinajstić information content (AvgIpc) is 2.26. The Morgan fingerprint density at radius 1 is 1.32 bits per heavy atom. The lowest BCUT2D eigenvalue weighted by Crippen LogP contribution is -2.08. The number of alkyl halides is 3. The van der Waals surface area contributed by atoms with Gasteiger partial charge in [-0.25, -0.2) is 0 Å². The second kappa shape index (κ2) is 5.92. The SMILES string of the molecule is CCc1cccc(SC(F)(F)F)c1C#CC1CCC1. The maximum atomic E-state index is 12.5. The van der Waals surface area contributed by atoms with Crippen LogP contribution >= 0.6 is 11.8 Å². The third-order valence-corrected chi connectivity index (χ3v) is 4.02. The minimum atomic E-state index is -4.26. The van der Waals surface area contributed by atoms with Gasteiger partial charge in [0, 0.05) is 16.4 Å². The third kappa shape index (κ3) is 3.94. The van der Waals surface area contributed by atoms with E-state index < -0.39 is 5.51 Å². The van der Waals surface area contributed by atoms with Gasteiger partial charge in [0.25, 0.3) is 0 Å². The molecule has 0 spiro atoms. The van der Waals surface area contributed by atoms with Crippen LogP contribution in [0.1, 0.15) is 37.3 Å². The Morgan fingerprint density at radius 3 is 2.58 bits per heavy atom. The van der Waals surface area contributed by atoms with E-state index in [0.29, 0.717) is 17.9 Å². The van der Waals surface area contributed by atoms with Crippen LogP contribution in [0.25, 0.3) is 0 Å². The molecular formula is C15H15F3S. The highest BCUT2D eigenvalue weighted by Gasteiger charge is 2.30. The second-order valence-electron chi connectivity index (χ2n) is 4.59. The number of thioether (sulfide) groups is 1. The fourth-order valence-corrected chi connectivity index (χ4v) is 2.63. The summed E-state index contributed by atoms with van der Waals surface area (Å²) >= 11 is -0.0683. The third-order valence-electron chi connectivity index (χ3n) is 3.23. The highest BCUT2D eigenvalue weighted by molar-refractivity contribution is 8.00. The summed E-state index contributed by atoms with van der Waals surface area (Å²) in [5.41, 5.74) is -2.82. The van der Waals surface area contributed by atoms with Crippen molar-refractivity contribution in [3.05, 3.63) is 29.3 Å². The Hall–Kier alpha value is -1.08. The van der Waals surface area contributed by atoms with E-state index in [1.807, 2.05) is 13.0 Å². The van der Waals surface area contributed by atoms with Crippen LogP contribution in [0.15, 0.2) is 23.1 Å². The molecule has 1 fully saturated rings. The van der Waals surface area contributed by atoms with Crippen molar-refractivity contribution in [2.75, 3.05) is 0 Å². The Morgan fingerprint density at radius 2 is 2.05 bits per heavy atom. The molecular weight excluding hydrogens is 269 g/mol. The van der Waals surface area contributed by atoms with E-state index in [1.165, 1.54) is 12.5 Å². The molecule has 0 atom stereocenters. The Balaban J connectivity index is 2.32. The zero-order chi connectivity index (χ0) is 13.9. The Labute approximate surface area is 115 Å². The molecule has 0 unspecified atom stereocenters. The van der Waals surface area contributed by atoms with Gasteiger partial charge in [-0.2, -0.15) is 13.2 Å². The molecule has 0 amide bonds. The average molecular weight is 284 g/mol. The first-order valence-electron chi connectivity index (χ1n) is 6.39. The van der Waals surface area contributed by atoms with Crippen molar-refractivity contribution in [1.82, 2.24) is 0 Å². The molecule has 0 saturated heterocycles. The number of halogens is 3. The molecule has 1 saturated carbocycles. The van der Waals surface area contributed by atoms with Crippen LogP contribution in [0, 0.1) is 17.8 Å². The molecule has 1 aromatic carbocycles. The van der Waals surface area contributed by atoms with Gasteiger partial charge in [0.05, 0.1) is 0 Å². The van der Waals surface area contributed by atoms with Crippen molar-refractivity contribution >= 4 is 11.8 Å². The maximum absolute atomic E-state index is 12.5. The van der Waals surface area contributed by atoms with Crippen LogP contribution in [0.4, 0.5) is 13.2 Å².